The number of H-pyrrole nitrogens is 1. The number of benzene rings is 3. The van der Waals surface area contributed by atoms with Crippen LogP contribution in [0.4, 0.5) is 10.5 Å². The van der Waals surface area contributed by atoms with Crippen LogP contribution in [-0.4, -0.2) is 32.3 Å². The smallest absolute Gasteiger partial charge is 0.412 e. The van der Waals surface area contributed by atoms with Crippen LogP contribution in [0.25, 0.3) is 33.5 Å². The molecule has 2 heterocycles. The fourth-order valence-corrected chi connectivity index (χ4v) is 5.35. The molecular formula is C30H25ClN4O5. The number of nitrogens with one attached hydrogen (secondary N) is 2. The van der Waals surface area contributed by atoms with E-state index in [1.54, 1.807) is 32.3 Å². The lowest BCUT2D eigenvalue weighted by Gasteiger charge is -2.15. The van der Waals surface area contributed by atoms with Crippen molar-refractivity contribution in [3.8, 4) is 22.5 Å². The number of carbonyl (C=O) groups excluding carboxylic acids is 1. The maximum Gasteiger partial charge on any atom is 0.412 e. The minimum Gasteiger partial charge on any atom is -0.481 e. The number of amides is 1. The van der Waals surface area contributed by atoms with Gasteiger partial charge < -0.3 is 19.4 Å². The molecule has 9 nitrogen and oxygen atoms in total. The topological polar surface area (TPSA) is 130 Å². The van der Waals surface area contributed by atoms with Crippen LogP contribution >= 0.6 is 11.6 Å². The molecule has 10 heteroatoms. The molecule has 3 aromatic carbocycles. The Hall–Kier alpha value is -4.63. The molecule has 1 amide bonds. The minimum atomic E-state index is -0.852. The van der Waals surface area contributed by atoms with Crippen LogP contribution in [0, 0.1) is 6.92 Å². The highest BCUT2D eigenvalue weighted by Gasteiger charge is 2.53. The summed E-state index contributed by atoms with van der Waals surface area (Å²) in [4.78, 5) is 32.3. The number of aromatic nitrogens is 3. The Balaban J connectivity index is 1.24. The number of fused-ring (bicyclic) bond motifs is 1. The molecule has 1 atom stereocenters. The average Bonchev–Trinajstić information content (AvgIpc) is 3.47. The molecule has 1 aliphatic rings. The second-order valence-electron chi connectivity index (χ2n) is 9.92. The third kappa shape index (κ3) is 4.38. The molecule has 2 aromatic heterocycles. The maximum atomic E-state index is 12.7. The zero-order valence-corrected chi connectivity index (χ0v) is 22.5. The number of nitrogens with zero attached hydrogens (tertiary/aromatic N) is 2. The van der Waals surface area contributed by atoms with Crippen LogP contribution in [-0.2, 0) is 14.9 Å². The lowest BCUT2D eigenvalue weighted by atomic mass is 9.91. The van der Waals surface area contributed by atoms with E-state index in [1.165, 1.54) is 0 Å². The standard InChI is InChI=1S/C30H25ClN4O5/c1-16-24(34-29(38)39-17(2)20-5-3-4-6-23(20)31)27(40-35-16)19-9-7-18(8-10-19)21-11-12-22(26-25(21)32-15-33-26)30(13-14-30)28(36)37/h3-12,15,17H,13-14H2,1-2H3,(H,32,33)(H,34,38)(H,36,37). The summed E-state index contributed by atoms with van der Waals surface area (Å²) in [7, 11) is 0. The largest absolute Gasteiger partial charge is 0.481 e. The maximum absolute atomic E-state index is 12.7. The van der Waals surface area contributed by atoms with Crippen LogP contribution < -0.4 is 5.32 Å². The van der Waals surface area contributed by atoms with Crippen molar-refractivity contribution in [2.45, 2.75) is 38.2 Å². The molecule has 3 N–H and O–H groups in total. The predicted molar refractivity (Wildman–Crippen MR) is 150 cm³/mol. The van der Waals surface area contributed by atoms with Gasteiger partial charge in [-0.15, -0.1) is 0 Å². The summed E-state index contributed by atoms with van der Waals surface area (Å²) in [5.41, 5.74) is 5.46. The monoisotopic (exact) mass is 556 g/mol. The van der Waals surface area contributed by atoms with Crippen molar-refractivity contribution >= 4 is 40.4 Å². The number of carboxylic acids is 1. The summed E-state index contributed by atoms with van der Waals surface area (Å²) in [5.74, 6) is -0.423. The molecule has 0 aliphatic heterocycles. The Morgan fingerprint density at radius 2 is 1.82 bits per heavy atom. The molecule has 0 bridgehead atoms. The second-order valence-corrected chi connectivity index (χ2v) is 10.3. The van der Waals surface area contributed by atoms with Gasteiger partial charge in [0, 0.05) is 21.7 Å². The number of aliphatic carboxylic acids is 1. The van der Waals surface area contributed by atoms with Crippen molar-refractivity contribution in [3.05, 3.63) is 88.8 Å². The van der Waals surface area contributed by atoms with Gasteiger partial charge in [-0.2, -0.15) is 0 Å². The van der Waals surface area contributed by atoms with Gasteiger partial charge in [0.2, 0.25) is 0 Å². The number of aromatic amines is 1. The van der Waals surface area contributed by atoms with Crippen molar-refractivity contribution in [1.82, 2.24) is 15.1 Å². The molecule has 1 unspecified atom stereocenters. The average molecular weight is 557 g/mol. The Morgan fingerprint density at radius 1 is 1.10 bits per heavy atom. The zero-order chi connectivity index (χ0) is 28.0. The number of anilines is 1. The molecule has 0 saturated heterocycles. The highest BCUT2D eigenvalue weighted by molar-refractivity contribution is 6.31. The number of carboxylic acid groups (broad SMARTS) is 1. The van der Waals surface area contributed by atoms with Gasteiger partial charge >= 0.3 is 12.1 Å². The summed E-state index contributed by atoms with van der Waals surface area (Å²) in [6, 6.07) is 18.6. The first-order chi connectivity index (χ1) is 19.3. The highest BCUT2D eigenvalue weighted by atomic mass is 35.5. The molecule has 40 heavy (non-hydrogen) atoms. The Morgan fingerprint density at radius 3 is 2.52 bits per heavy atom. The van der Waals surface area contributed by atoms with E-state index >= 15 is 0 Å². The van der Waals surface area contributed by atoms with Gasteiger partial charge in [0.25, 0.3) is 0 Å². The Bertz CT molecular complexity index is 1750. The quantitative estimate of drug-likeness (QED) is 0.192. The predicted octanol–water partition coefficient (Wildman–Crippen LogP) is 7.27. The molecule has 0 spiro atoms. The first-order valence-corrected chi connectivity index (χ1v) is 13.2. The number of imidazole rings is 1. The van der Waals surface area contributed by atoms with Gasteiger partial charge in [-0.3, -0.25) is 10.1 Å². The summed E-state index contributed by atoms with van der Waals surface area (Å²) in [6.07, 6.45) is 1.58. The van der Waals surface area contributed by atoms with Crippen LogP contribution in [0.5, 0.6) is 0 Å². The number of hydrogen-bond acceptors (Lipinski definition) is 6. The van der Waals surface area contributed by atoms with Crippen LogP contribution in [0.3, 0.4) is 0 Å². The third-order valence-electron chi connectivity index (χ3n) is 7.43. The van der Waals surface area contributed by atoms with Crippen LogP contribution in [0.15, 0.2) is 71.5 Å². The number of ether oxygens (including phenoxy) is 1. The lowest BCUT2D eigenvalue weighted by molar-refractivity contribution is -0.140. The minimum absolute atomic E-state index is 0.394. The van der Waals surface area contributed by atoms with Gasteiger partial charge in [0.15, 0.2) is 5.76 Å². The van der Waals surface area contributed by atoms with Crippen molar-refractivity contribution in [2.24, 2.45) is 0 Å². The van der Waals surface area contributed by atoms with E-state index in [0.29, 0.717) is 51.6 Å². The molecular weight excluding hydrogens is 532 g/mol. The summed E-state index contributed by atoms with van der Waals surface area (Å²) < 4.78 is 11.1. The van der Waals surface area contributed by atoms with Gasteiger partial charge in [0.05, 0.1) is 22.8 Å². The van der Waals surface area contributed by atoms with Crippen LogP contribution in [0.2, 0.25) is 5.02 Å². The number of carbonyl (C=O) groups is 2. The summed E-state index contributed by atoms with van der Waals surface area (Å²) in [6.45, 7) is 3.48. The fourth-order valence-electron chi connectivity index (χ4n) is 5.06. The lowest BCUT2D eigenvalue weighted by Crippen LogP contribution is -2.19. The van der Waals surface area contributed by atoms with Gasteiger partial charge in [-0.05, 0) is 43.9 Å². The number of hydrogen-bond donors (Lipinski definition) is 3. The van der Waals surface area contributed by atoms with E-state index in [0.717, 1.165) is 22.2 Å². The van der Waals surface area contributed by atoms with Crippen molar-refractivity contribution < 1.29 is 24.0 Å². The van der Waals surface area contributed by atoms with E-state index in [9.17, 15) is 14.7 Å². The number of rotatable bonds is 7. The fraction of sp³-hybridized carbons (Fsp3) is 0.200. The molecule has 5 aromatic rings. The second kappa shape index (κ2) is 9.84. The Labute approximate surface area is 234 Å². The highest BCUT2D eigenvalue weighted by Crippen LogP contribution is 2.51. The normalized spacial score (nSPS) is 14.6. The van der Waals surface area contributed by atoms with E-state index in [-0.39, 0.29) is 0 Å². The SMILES string of the molecule is Cc1noc(-c2ccc(-c3ccc(C4(C(=O)O)CC4)c4nc[nH]c34)cc2)c1NC(=O)OC(C)c1ccccc1Cl. The summed E-state index contributed by atoms with van der Waals surface area (Å²) in [5, 5.41) is 17.1. The van der Waals surface area contributed by atoms with Gasteiger partial charge in [-0.1, -0.05) is 71.4 Å². The molecule has 1 aliphatic carbocycles. The molecule has 1 saturated carbocycles. The third-order valence-corrected chi connectivity index (χ3v) is 7.77. The number of aryl methyl sites for hydroxylation is 1. The summed E-state index contributed by atoms with van der Waals surface area (Å²) >= 11 is 6.24. The van der Waals surface area contributed by atoms with Gasteiger partial charge in [-0.25, -0.2) is 9.78 Å². The van der Waals surface area contributed by atoms with E-state index < -0.39 is 23.6 Å². The van der Waals surface area contributed by atoms with E-state index in [4.69, 9.17) is 20.9 Å². The molecule has 202 valence electrons. The van der Waals surface area contributed by atoms with Crippen molar-refractivity contribution in [2.75, 3.05) is 5.32 Å². The first kappa shape index (κ1) is 25.6. The van der Waals surface area contributed by atoms with Gasteiger partial charge in [0.1, 0.15) is 17.5 Å². The molecule has 1 fully saturated rings. The van der Waals surface area contributed by atoms with Crippen LogP contribution in [0.1, 0.15) is 42.7 Å². The van der Waals surface area contributed by atoms with E-state index in [1.807, 2.05) is 48.5 Å². The zero-order valence-electron chi connectivity index (χ0n) is 21.7. The van der Waals surface area contributed by atoms with Crippen molar-refractivity contribution in [3.63, 3.8) is 0 Å². The molecule has 6 rings (SSSR count). The first-order valence-electron chi connectivity index (χ1n) is 12.8. The molecule has 0 radical (unpaired) electrons. The van der Waals surface area contributed by atoms with E-state index in [2.05, 4.69) is 20.4 Å². The van der Waals surface area contributed by atoms with Crippen molar-refractivity contribution in [1.29, 1.82) is 0 Å². The Kier molecular flexibility index (Phi) is 6.31. The number of halogens is 1.